The van der Waals surface area contributed by atoms with Crippen molar-refractivity contribution in [2.24, 2.45) is 0 Å². The normalized spacial score (nSPS) is 14.5. The first kappa shape index (κ1) is 13.0. The maximum absolute atomic E-state index is 5.26. The molecule has 0 bridgehead atoms. The first-order chi connectivity index (χ1) is 7.67. The van der Waals surface area contributed by atoms with E-state index in [1.165, 1.54) is 5.56 Å². The van der Waals surface area contributed by atoms with E-state index in [2.05, 4.69) is 25.2 Å². The van der Waals surface area contributed by atoms with Crippen molar-refractivity contribution in [3.05, 3.63) is 29.8 Å². The highest BCUT2D eigenvalue weighted by Gasteiger charge is 2.09. The number of rotatable bonds is 6. The maximum atomic E-state index is 5.26. The van der Waals surface area contributed by atoms with Gasteiger partial charge in [0.1, 0.15) is 5.75 Å². The monoisotopic (exact) mass is 223 g/mol. The van der Waals surface area contributed by atoms with Gasteiger partial charge in [-0.25, -0.2) is 0 Å². The molecule has 0 aliphatic carbocycles. The SMILES string of the molecule is COc1cccc(CNC(C)C(C)OC)c1. The highest BCUT2D eigenvalue weighted by molar-refractivity contribution is 5.28. The molecular formula is C13H21NO2. The third-order valence-electron chi connectivity index (χ3n) is 2.84. The Balaban J connectivity index is 2.47. The molecule has 0 fully saturated rings. The number of ether oxygens (including phenoxy) is 2. The van der Waals surface area contributed by atoms with Gasteiger partial charge >= 0.3 is 0 Å². The zero-order valence-electron chi connectivity index (χ0n) is 10.5. The van der Waals surface area contributed by atoms with Crippen LogP contribution in [-0.2, 0) is 11.3 Å². The lowest BCUT2D eigenvalue weighted by Gasteiger charge is -2.20. The molecule has 0 aliphatic rings. The average Bonchev–Trinajstić information content (AvgIpc) is 2.35. The summed E-state index contributed by atoms with van der Waals surface area (Å²) in [5, 5.41) is 3.42. The largest absolute Gasteiger partial charge is 0.497 e. The molecule has 0 saturated heterocycles. The Morgan fingerprint density at radius 1 is 1.25 bits per heavy atom. The van der Waals surface area contributed by atoms with Crippen LogP contribution in [0.4, 0.5) is 0 Å². The Labute approximate surface area is 97.8 Å². The van der Waals surface area contributed by atoms with Crippen LogP contribution >= 0.6 is 0 Å². The van der Waals surface area contributed by atoms with E-state index < -0.39 is 0 Å². The summed E-state index contributed by atoms with van der Waals surface area (Å²) >= 11 is 0. The molecule has 16 heavy (non-hydrogen) atoms. The predicted molar refractivity (Wildman–Crippen MR) is 65.8 cm³/mol. The summed E-state index contributed by atoms with van der Waals surface area (Å²) in [5.74, 6) is 0.895. The summed E-state index contributed by atoms with van der Waals surface area (Å²) in [6, 6.07) is 8.40. The van der Waals surface area contributed by atoms with Gasteiger partial charge in [-0.1, -0.05) is 12.1 Å². The molecule has 1 rings (SSSR count). The molecule has 0 aromatic heterocycles. The van der Waals surface area contributed by atoms with Crippen LogP contribution in [-0.4, -0.2) is 26.4 Å². The van der Waals surface area contributed by atoms with E-state index in [-0.39, 0.29) is 6.10 Å². The van der Waals surface area contributed by atoms with Crippen molar-refractivity contribution in [2.75, 3.05) is 14.2 Å². The van der Waals surface area contributed by atoms with Crippen molar-refractivity contribution in [2.45, 2.75) is 32.5 Å². The van der Waals surface area contributed by atoms with Crippen molar-refractivity contribution >= 4 is 0 Å². The van der Waals surface area contributed by atoms with E-state index in [1.54, 1.807) is 14.2 Å². The molecule has 1 N–H and O–H groups in total. The van der Waals surface area contributed by atoms with Crippen molar-refractivity contribution in [3.63, 3.8) is 0 Å². The second-order valence-corrected chi connectivity index (χ2v) is 3.96. The molecule has 0 spiro atoms. The zero-order chi connectivity index (χ0) is 12.0. The molecule has 2 atom stereocenters. The van der Waals surface area contributed by atoms with Crippen molar-refractivity contribution in [1.82, 2.24) is 5.32 Å². The summed E-state index contributed by atoms with van der Waals surface area (Å²) < 4.78 is 10.4. The van der Waals surface area contributed by atoms with E-state index in [4.69, 9.17) is 9.47 Å². The molecule has 1 aromatic rings. The Kier molecular flexibility index (Phi) is 5.29. The molecule has 3 heteroatoms. The lowest BCUT2D eigenvalue weighted by molar-refractivity contribution is 0.0882. The summed E-state index contributed by atoms with van der Waals surface area (Å²) in [6.45, 7) is 5.00. The third kappa shape index (κ3) is 3.83. The molecule has 0 saturated carbocycles. The van der Waals surface area contributed by atoms with Crippen LogP contribution < -0.4 is 10.1 Å². The lowest BCUT2D eigenvalue weighted by Crippen LogP contribution is -2.36. The average molecular weight is 223 g/mol. The highest BCUT2D eigenvalue weighted by Crippen LogP contribution is 2.12. The summed E-state index contributed by atoms with van der Waals surface area (Å²) in [5.41, 5.74) is 1.22. The Morgan fingerprint density at radius 3 is 2.62 bits per heavy atom. The molecule has 2 unspecified atom stereocenters. The Morgan fingerprint density at radius 2 is 2.00 bits per heavy atom. The molecule has 3 nitrogen and oxygen atoms in total. The smallest absolute Gasteiger partial charge is 0.119 e. The second-order valence-electron chi connectivity index (χ2n) is 3.96. The van der Waals surface area contributed by atoms with Gasteiger partial charge in [0.05, 0.1) is 13.2 Å². The first-order valence-corrected chi connectivity index (χ1v) is 5.56. The number of hydrogen-bond donors (Lipinski definition) is 1. The quantitative estimate of drug-likeness (QED) is 0.802. The van der Waals surface area contributed by atoms with Crippen LogP contribution in [0.1, 0.15) is 19.4 Å². The minimum atomic E-state index is 0.214. The van der Waals surface area contributed by atoms with Gasteiger partial charge in [0.15, 0.2) is 0 Å². The van der Waals surface area contributed by atoms with Crippen LogP contribution in [0.2, 0.25) is 0 Å². The van der Waals surface area contributed by atoms with Crippen molar-refractivity contribution in [1.29, 1.82) is 0 Å². The lowest BCUT2D eigenvalue weighted by atomic mass is 10.1. The standard InChI is InChI=1S/C13H21NO2/c1-10(11(2)15-3)14-9-12-6-5-7-13(8-12)16-4/h5-8,10-11,14H,9H2,1-4H3. The molecule has 0 aliphatic heterocycles. The molecule has 0 amide bonds. The van der Waals surface area contributed by atoms with E-state index in [0.29, 0.717) is 6.04 Å². The van der Waals surface area contributed by atoms with Gasteiger partial charge in [-0.2, -0.15) is 0 Å². The first-order valence-electron chi connectivity index (χ1n) is 5.56. The second kappa shape index (κ2) is 6.51. The van der Waals surface area contributed by atoms with Gasteiger partial charge in [-0.15, -0.1) is 0 Å². The summed E-state index contributed by atoms with van der Waals surface area (Å²) in [7, 11) is 3.41. The Hall–Kier alpha value is -1.06. The van der Waals surface area contributed by atoms with Crippen LogP contribution in [0, 0.1) is 0 Å². The molecule has 90 valence electrons. The fraction of sp³-hybridized carbons (Fsp3) is 0.538. The van der Waals surface area contributed by atoms with Gasteiger partial charge in [0.2, 0.25) is 0 Å². The number of hydrogen-bond acceptors (Lipinski definition) is 3. The van der Waals surface area contributed by atoms with E-state index in [1.807, 2.05) is 18.2 Å². The zero-order valence-corrected chi connectivity index (χ0v) is 10.5. The van der Waals surface area contributed by atoms with Gasteiger partial charge in [-0.3, -0.25) is 0 Å². The van der Waals surface area contributed by atoms with Crippen LogP contribution in [0.3, 0.4) is 0 Å². The van der Waals surface area contributed by atoms with E-state index in [0.717, 1.165) is 12.3 Å². The van der Waals surface area contributed by atoms with Gasteiger partial charge < -0.3 is 14.8 Å². The molecule has 1 aromatic carbocycles. The molecular weight excluding hydrogens is 202 g/mol. The van der Waals surface area contributed by atoms with Gasteiger partial charge in [0, 0.05) is 19.7 Å². The minimum Gasteiger partial charge on any atom is -0.497 e. The summed E-state index contributed by atoms with van der Waals surface area (Å²) in [6.07, 6.45) is 0.214. The number of benzene rings is 1. The number of methoxy groups -OCH3 is 2. The summed E-state index contributed by atoms with van der Waals surface area (Å²) in [4.78, 5) is 0. The molecule has 0 heterocycles. The van der Waals surface area contributed by atoms with Gasteiger partial charge in [-0.05, 0) is 31.5 Å². The van der Waals surface area contributed by atoms with Gasteiger partial charge in [0.25, 0.3) is 0 Å². The maximum Gasteiger partial charge on any atom is 0.119 e. The third-order valence-corrected chi connectivity index (χ3v) is 2.84. The minimum absolute atomic E-state index is 0.214. The highest BCUT2D eigenvalue weighted by atomic mass is 16.5. The van der Waals surface area contributed by atoms with Crippen molar-refractivity contribution in [3.8, 4) is 5.75 Å². The molecule has 0 radical (unpaired) electrons. The predicted octanol–water partition coefficient (Wildman–Crippen LogP) is 2.21. The van der Waals surface area contributed by atoms with Crippen LogP contribution in [0.5, 0.6) is 5.75 Å². The fourth-order valence-corrected chi connectivity index (χ4v) is 1.43. The van der Waals surface area contributed by atoms with E-state index in [9.17, 15) is 0 Å². The Bertz CT molecular complexity index is 315. The van der Waals surface area contributed by atoms with Crippen molar-refractivity contribution < 1.29 is 9.47 Å². The van der Waals surface area contributed by atoms with Crippen LogP contribution in [0.15, 0.2) is 24.3 Å². The number of nitrogens with one attached hydrogen (secondary N) is 1. The van der Waals surface area contributed by atoms with Crippen LogP contribution in [0.25, 0.3) is 0 Å². The van der Waals surface area contributed by atoms with E-state index >= 15 is 0 Å². The topological polar surface area (TPSA) is 30.5 Å². The fourth-order valence-electron chi connectivity index (χ4n) is 1.43.